The van der Waals surface area contributed by atoms with Crippen molar-refractivity contribution in [2.24, 2.45) is 0 Å². The van der Waals surface area contributed by atoms with Crippen molar-refractivity contribution in [2.45, 2.75) is 51.0 Å². The molecule has 1 aromatic rings. The van der Waals surface area contributed by atoms with Crippen molar-refractivity contribution in [3.8, 4) is 5.75 Å². The average molecular weight is 285 g/mol. The third-order valence-corrected chi connectivity index (χ3v) is 4.34. The van der Waals surface area contributed by atoms with E-state index in [1.807, 2.05) is 18.2 Å². The quantitative estimate of drug-likeness (QED) is 0.682. The molecule has 0 spiro atoms. The van der Waals surface area contributed by atoms with E-state index in [0.29, 0.717) is 6.04 Å². The summed E-state index contributed by atoms with van der Waals surface area (Å²) in [6.07, 6.45) is 11.8. The van der Waals surface area contributed by atoms with Crippen LogP contribution in [0.25, 0.3) is 6.08 Å². The lowest BCUT2D eigenvalue weighted by atomic mass is 10.1. The number of rotatable bonds is 3. The Labute approximate surface area is 126 Å². The molecule has 21 heavy (non-hydrogen) atoms. The number of amides is 1. The van der Waals surface area contributed by atoms with Gasteiger partial charge in [0.25, 0.3) is 0 Å². The molecule has 2 aliphatic rings. The molecule has 1 aliphatic heterocycles. The Morgan fingerprint density at radius 3 is 2.81 bits per heavy atom. The lowest BCUT2D eigenvalue weighted by Gasteiger charge is -2.14. The summed E-state index contributed by atoms with van der Waals surface area (Å²) in [6.45, 7) is 0.769. The summed E-state index contributed by atoms with van der Waals surface area (Å²) in [4.78, 5) is 12.0. The first-order valence-electron chi connectivity index (χ1n) is 8.05. The van der Waals surface area contributed by atoms with Crippen LogP contribution < -0.4 is 10.1 Å². The molecule has 3 nitrogen and oxygen atoms in total. The number of fused-ring (bicyclic) bond motifs is 1. The minimum atomic E-state index is 0.0265. The van der Waals surface area contributed by atoms with Gasteiger partial charge in [0.05, 0.1) is 6.61 Å². The van der Waals surface area contributed by atoms with E-state index in [4.69, 9.17) is 4.74 Å². The molecule has 1 N–H and O–H groups in total. The summed E-state index contributed by atoms with van der Waals surface area (Å²) in [5.41, 5.74) is 2.30. The Hall–Kier alpha value is -1.77. The summed E-state index contributed by atoms with van der Waals surface area (Å²) >= 11 is 0. The Kier molecular flexibility index (Phi) is 4.59. The van der Waals surface area contributed by atoms with E-state index in [1.165, 1.54) is 31.2 Å². The van der Waals surface area contributed by atoms with Crippen LogP contribution in [0.15, 0.2) is 24.3 Å². The fourth-order valence-electron chi connectivity index (χ4n) is 3.16. The predicted octanol–water partition coefficient (Wildman–Crippen LogP) is 3.47. The van der Waals surface area contributed by atoms with E-state index < -0.39 is 0 Å². The second-order valence-corrected chi connectivity index (χ2v) is 6.00. The van der Waals surface area contributed by atoms with Gasteiger partial charge in [-0.15, -0.1) is 0 Å². The maximum Gasteiger partial charge on any atom is 0.244 e. The van der Waals surface area contributed by atoms with Gasteiger partial charge in [0.1, 0.15) is 5.75 Å². The number of ether oxygens (including phenoxy) is 1. The van der Waals surface area contributed by atoms with Gasteiger partial charge >= 0.3 is 0 Å². The van der Waals surface area contributed by atoms with Gasteiger partial charge in [0, 0.05) is 18.5 Å². The van der Waals surface area contributed by atoms with Crippen molar-refractivity contribution in [3.05, 3.63) is 35.4 Å². The van der Waals surface area contributed by atoms with Gasteiger partial charge in [0.2, 0.25) is 5.91 Å². The number of benzene rings is 1. The molecule has 1 saturated carbocycles. The molecule has 1 fully saturated rings. The van der Waals surface area contributed by atoms with E-state index in [-0.39, 0.29) is 5.91 Å². The van der Waals surface area contributed by atoms with Crippen molar-refractivity contribution in [2.75, 3.05) is 6.61 Å². The third-order valence-electron chi connectivity index (χ3n) is 4.34. The summed E-state index contributed by atoms with van der Waals surface area (Å²) in [5.74, 6) is 1.01. The van der Waals surface area contributed by atoms with Gasteiger partial charge in [-0.1, -0.05) is 31.7 Å². The SMILES string of the molecule is O=C(/C=C/c1ccc2c(c1)CCO2)NC1CCCCCC1. The number of carbonyl (C=O) groups is 1. The van der Waals surface area contributed by atoms with Crippen LogP contribution in [-0.4, -0.2) is 18.6 Å². The first-order valence-corrected chi connectivity index (χ1v) is 8.05. The lowest BCUT2D eigenvalue weighted by Crippen LogP contribution is -2.33. The van der Waals surface area contributed by atoms with E-state index in [9.17, 15) is 4.79 Å². The maximum absolute atomic E-state index is 12.0. The number of hydrogen-bond donors (Lipinski definition) is 1. The zero-order valence-corrected chi connectivity index (χ0v) is 12.4. The Bertz CT molecular complexity index is 528. The molecule has 0 bridgehead atoms. The largest absolute Gasteiger partial charge is 0.493 e. The van der Waals surface area contributed by atoms with Gasteiger partial charge in [-0.05, 0) is 42.2 Å². The molecular weight excluding hydrogens is 262 g/mol. The Morgan fingerprint density at radius 1 is 1.19 bits per heavy atom. The van der Waals surface area contributed by atoms with Crippen molar-refractivity contribution < 1.29 is 9.53 Å². The van der Waals surface area contributed by atoms with Gasteiger partial charge in [-0.25, -0.2) is 0 Å². The highest BCUT2D eigenvalue weighted by Crippen LogP contribution is 2.26. The molecule has 0 radical (unpaired) electrons. The van der Waals surface area contributed by atoms with E-state index in [0.717, 1.165) is 37.2 Å². The summed E-state index contributed by atoms with van der Waals surface area (Å²) < 4.78 is 5.49. The highest BCUT2D eigenvalue weighted by atomic mass is 16.5. The molecule has 112 valence electrons. The molecule has 3 heteroatoms. The van der Waals surface area contributed by atoms with Crippen molar-refractivity contribution in [3.63, 3.8) is 0 Å². The average Bonchev–Trinajstić information content (AvgIpc) is 2.81. The Morgan fingerprint density at radius 2 is 2.00 bits per heavy atom. The highest BCUT2D eigenvalue weighted by Gasteiger charge is 2.13. The van der Waals surface area contributed by atoms with Gasteiger partial charge in [0.15, 0.2) is 0 Å². The van der Waals surface area contributed by atoms with E-state index in [1.54, 1.807) is 6.08 Å². The van der Waals surface area contributed by atoms with Crippen LogP contribution in [0.3, 0.4) is 0 Å². The van der Waals surface area contributed by atoms with Gasteiger partial charge in [-0.2, -0.15) is 0 Å². The standard InChI is InChI=1S/C18H23NO2/c20-18(19-16-5-3-1-2-4-6-16)10-8-14-7-9-17-15(13-14)11-12-21-17/h7-10,13,16H,1-6,11-12H2,(H,19,20)/b10-8+. The van der Waals surface area contributed by atoms with Crippen LogP contribution >= 0.6 is 0 Å². The second-order valence-electron chi connectivity index (χ2n) is 6.00. The molecule has 1 amide bonds. The van der Waals surface area contributed by atoms with Crippen molar-refractivity contribution >= 4 is 12.0 Å². The Balaban J connectivity index is 1.56. The van der Waals surface area contributed by atoms with Crippen LogP contribution in [0.4, 0.5) is 0 Å². The molecule has 0 unspecified atom stereocenters. The molecule has 1 aromatic carbocycles. The molecule has 1 heterocycles. The molecular formula is C18H23NO2. The first kappa shape index (κ1) is 14.2. The predicted molar refractivity (Wildman–Crippen MR) is 84.3 cm³/mol. The third kappa shape index (κ3) is 3.87. The van der Waals surface area contributed by atoms with Crippen LogP contribution in [0, 0.1) is 0 Å². The van der Waals surface area contributed by atoms with Crippen molar-refractivity contribution in [1.82, 2.24) is 5.32 Å². The first-order chi connectivity index (χ1) is 10.3. The molecule has 0 atom stereocenters. The zero-order chi connectivity index (χ0) is 14.5. The molecule has 3 rings (SSSR count). The van der Waals surface area contributed by atoms with Crippen LogP contribution in [0.2, 0.25) is 0 Å². The second kappa shape index (κ2) is 6.79. The smallest absolute Gasteiger partial charge is 0.244 e. The summed E-state index contributed by atoms with van der Waals surface area (Å²) in [5, 5.41) is 3.13. The monoisotopic (exact) mass is 285 g/mol. The molecule has 0 aromatic heterocycles. The van der Waals surface area contributed by atoms with Gasteiger partial charge in [-0.3, -0.25) is 4.79 Å². The minimum Gasteiger partial charge on any atom is -0.493 e. The minimum absolute atomic E-state index is 0.0265. The normalized spacial score (nSPS) is 19.0. The maximum atomic E-state index is 12.0. The van der Waals surface area contributed by atoms with E-state index in [2.05, 4.69) is 11.4 Å². The van der Waals surface area contributed by atoms with Crippen LogP contribution in [0.1, 0.15) is 49.7 Å². The van der Waals surface area contributed by atoms with Crippen LogP contribution in [-0.2, 0) is 11.2 Å². The number of carbonyl (C=O) groups excluding carboxylic acids is 1. The highest BCUT2D eigenvalue weighted by molar-refractivity contribution is 5.91. The fourth-order valence-corrected chi connectivity index (χ4v) is 3.16. The summed E-state index contributed by atoms with van der Waals surface area (Å²) in [7, 11) is 0. The lowest BCUT2D eigenvalue weighted by molar-refractivity contribution is -0.117. The molecule has 0 saturated heterocycles. The number of hydrogen-bond acceptors (Lipinski definition) is 2. The van der Waals surface area contributed by atoms with Gasteiger partial charge < -0.3 is 10.1 Å². The topological polar surface area (TPSA) is 38.3 Å². The van der Waals surface area contributed by atoms with E-state index >= 15 is 0 Å². The zero-order valence-electron chi connectivity index (χ0n) is 12.4. The molecule has 1 aliphatic carbocycles. The fraction of sp³-hybridized carbons (Fsp3) is 0.500. The number of nitrogens with one attached hydrogen (secondary N) is 1. The van der Waals surface area contributed by atoms with Crippen molar-refractivity contribution in [1.29, 1.82) is 0 Å². The summed E-state index contributed by atoms with van der Waals surface area (Å²) in [6, 6.07) is 6.46. The van der Waals surface area contributed by atoms with Crippen LogP contribution in [0.5, 0.6) is 5.75 Å².